The van der Waals surface area contributed by atoms with E-state index in [1.54, 1.807) is 0 Å². The molecule has 2 aliphatic heterocycles. The Kier molecular flexibility index (Phi) is 8.23. The minimum Gasteiger partial charge on any atom is -0.465 e. The number of benzene rings is 2. The molecule has 2 saturated heterocycles. The molecule has 40 heavy (non-hydrogen) atoms. The van der Waals surface area contributed by atoms with Crippen molar-refractivity contribution in [3.05, 3.63) is 101 Å². The van der Waals surface area contributed by atoms with Gasteiger partial charge in [0, 0.05) is 50.5 Å². The van der Waals surface area contributed by atoms with Crippen molar-refractivity contribution in [2.75, 3.05) is 46.5 Å². The number of morpholine rings is 1. The number of rotatable bonds is 8. The lowest BCUT2D eigenvalue weighted by Gasteiger charge is -2.32. The molecule has 0 saturated carbocycles. The van der Waals surface area contributed by atoms with Gasteiger partial charge < -0.3 is 14.0 Å². The monoisotopic (exact) mass is 538 g/mol. The van der Waals surface area contributed by atoms with Crippen molar-refractivity contribution in [1.82, 2.24) is 19.4 Å². The number of methoxy groups -OCH3 is 1. The van der Waals surface area contributed by atoms with Crippen LogP contribution in [0.15, 0.2) is 73.1 Å². The fraction of sp³-hybridized carbons (Fsp3) is 0.394. The number of piperidine rings is 1. The highest BCUT2D eigenvalue weighted by Gasteiger charge is 2.23. The van der Waals surface area contributed by atoms with Crippen LogP contribution in [0, 0.1) is 0 Å². The molecule has 2 aliphatic rings. The fourth-order valence-corrected chi connectivity index (χ4v) is 6.08. The van der Waals surface area contributed by atoms with Crippen LogP contribution in [-0.2, 0) is 29.1 Å². The zero-order chi connectivity index (χ0) is 27.3. The van der Waals surface area contributed by atoms with Crippen LogP contribution < -0.4 is 0 Å². The molecule has 2 fully saturated rings. The lowest BCUT2D eigenvalue weighted by Crippen LogP contribution is -2.35. The van der Waals surface area contributed by atoms with Gasteiger partial charge in [0.15, 0.2) is 0 Å². The van der Waals surface area contributed by atoms with Gasteiger partial charge in [0.2, 0.25) is 0 Å². The number of carbonyl (C=O) groups is 1. The molecule has 7 nitrogen and oxygen atoms in total. The smallest absolute Gasteiger partial charge is 0.337 e. The van der Waals surface area contributed by atoms with E-state index in [4.69, 9.17) is 14.5 Å². The van der Waals surface area contributed by atoms with Gasteiger partial charge in [-0.15, -0.1) is 0 Å². The summed E-state index contributed by atoms with van der Waals surface area (Å²) < 4.78 is 12.5. The number of ether oxygens (including phenoxy) is 2. The van der Waals surface area contributed by atoms with E-state index in [2.05, 4.69) is 57.0 Å². The van der Waals surface area contributed by atoms with Crippen LogP contribution in [-0.4, -0.2) is 71.8 Å². The van der Waals surface area contributed by atoms with Crippen molar-refractivity contribution >= 4 is 17.0 Å². The topological polar surface area (TPSA) is 59.8 Å². The number of hydrogen-bond acceptors (Lipinski definition) is 6. The van der Waals surface area contributed by atoms with Crippen molar-refractivity contribution < 1.29 is 14.3 Å². The number of esters is 1. The first-order valence-electron chi connectivity index (χ1n) is 14.4. The molecule has 0 atom stereocenters. The molecule has 7 heteroatoms. The van der Waals surface area contributed by atoms with Crippen molar-refractivity contribution in [3.8, 4) is 0 Å². The molecule has 4 heterocycles. The number of nitrogens with zero attached hydrogens (tertiary/aromatic N) is 4. The Balaban J connectivity index is 1.05. The minimum atomic E-state index is -0.312. The minimum absolute atomic E-state index is 0.312. The first kappa shape index (κ1) is 26.7. The van der Waals surface area contributed by atoms with E-state index in [-0.39, 0.29) is 5.97 Å². The van der Waals surface area contributed by atoms with Gasteiger partial charge in [-0.3, -0.25) is 9.80 Å². The van der Waals surface area contributed by atoms with E-state index in [1.165, 1.54) is 29.2 Å². The number of fused-ring (bicyclic) bond motifs is 1. The number of aromatic nitrogens is 2. The first-order valence-corrected chi connectivity index (χ1v) is 14.4. The molecule has 4 aromatic rings. The Morgan fingerprint density at radius 3 is 2.08 bits per heavy atom. The quantitative estimate of drug-likeness (QED) is 0.292. The molecule has 2 aromatic carbocycles. The molecule has 0 N–H and O–H groups in total. The summed E-state index contributed by atoms with van der Waals surface area (Å²) in [5.41, 5.74) is 6.91. The van der Waals surface area contributed by atoms with Gasteiger partial charge in [-0.25, -0.2) is 9.78 Å². The Bertz CT molecular complexity index is 1420. The van der Waals surface area contributed by atoms with E-state index in [9.17, 15) is 4.79 Å². The highest BCUT2D eigenvalue weighted by atomic mass is 16.5. The summed E-state index contributed by atoms with van der Waals surface area (Å²) in [6.07, 6.45) is 6.41. The van der Waals surface area contributed by atoms with Crippen molar-refractivity contribution in [2.24, 2.45) is 0 Å². The van der Waals surface area contributed by atoms with E-state index < -0.39 is 0 Å². The zero-order valence-electron chi connectivity index (χ0n) is 23.3. The third kappa shape index (κ3) is 6.12. The second kappa shape index (κ2) is 12.3. The molecule has 0 radical (unpaired) electrons. The molecule has 0 spiro atoms. The molecule has 0 unspecified atom stereocenters. The average molecular weight is 539 g/mol. The molecule has 6 rings (SSSR count). The number of hydrogen-bond donors (Lipinski definition) is 0. The van der Waals surface area contributed by atoms with Crippen LogP contribution in [0.1, 0.15) is 51.4 Å². The van der Waals surface area contributed by atoms with Crippen LogP contribution >= 0.6 is 0 Å². The standard InChI is InChI=1S/C33H38N4O3/c1-39-33(38)29-8-6-27(7-9-29)24-37-17-13-31-30(10-14-34-32(31)37)28-11-15-35(16-12-28)22-25-2-4-26(5-3-25)23-36-18-20-40-21-19-36/h2-10,13-14,17,28H,11-12,15-16,18-24H2,1H3. The van der Waals surface area contributed by atoms with Crippen molar-refractivity contribution in [3.63, 3.8) is 0 Å². The molecular weight excluding hydrogens is 500 g/mol. The predicted octanol–water partition coefficient (Wildman–Crippen LogP) is 5.08. The van der Waals surface area contributed by atoms with E-state index >= 15 is 0 Å². The Morgan fingerprint density at radius 1 is 0.825 bits per heavy atom. The largest absolute Gasteiger partial charge is 0.465 e. The van der Waals surface area contributed by atoms with Gasteiger partial charge >= 0.3 is 5.97 Å². The maximum atomic E-state index is 11.7. The SMILES string of the molecule is COC(=O)c1ccc(Cn2ccc3c(C4CCN(Cc5ccc(CN6CCOCC6)cc5)CC4)ccnc32)cc1. The second-order valence-electron chi connectivity index (χ2n) is 11.0. The molecule has 2 aromatic heterocycles. The van der Waals surface area contributed by atoms with Crippen molar-refractivity contribution in [2.45, 2.75) is 38.4 Å². The summed E-state index contributed by atoms with van der Waals surface area (Å²) in [6.45, 7) is 8.70. The summed E-state index contributed by atoms with van der Waals surface area (Å²) in [7, 11) is 1.40. The maximum absolute atomic E-state index is 11.7. The van der Waals surface area contributed by atoms with Gasteiger partial charge in [-0.05, 0) is 78.4 Å². The Hall–Kier alpha value is -3.52. The molecule has 208 valence electrons. The van der Waals surface area contributed by atoms with Gasteiger partial charge in [-0.1, -0.05) is 36.4 Å². The summed E-state index contributed by atoms with van der Waals surface area (Å²) in [5, 5.41) is 1.25. The summed E-state index contributed by atoms with van der Waals surface area (Å²) in [4.78, 5) is 21.5. The van der Waals surface area contributed by atoms with Gasteiger partial charge in [-0.2, -0.15) is 0 Å². The van der Waals surface area contributed by atoms with Gasteiger partial charge in [0.05, 0.1) is 25.9 Å². The third-order valence-corrected chi connectivity index (χ3v) is 8.39. The third-order valence-electron chi connectivity index (χ3n) is 8.39. The summed E-state index contributed by atoms with van der Waals surface area (Å²) in [6, 6.07) is 21.2. The normalized spacial score (nSPS) is 17.3. The average Bonchev–Trinajstić information content (AvgIpc) is 3.42. The van der Waals surface area contributed by atoms with E-state index in [1.807, 2.05) is 30.5 Å². The summed E-state index contributed by atoms with van der Waals surface area (Å²) >= 11 is 0. The lowest BCUT2D eigenvalue weighted by molar-refractivity contribution is 0.0342. The van der Waals surface area contributed by atoms with Crippen LogP contribution in [0.4, 0.5) is 0 Å². The van der Waals surface area contributed by atoms with Crippen LogP contribution in [0.5, 0.6) is 0 Å². The van der Waals surface area contributed by atoms with Gasteiger partial charge in [0.1, 0.15) is 5.65 Å². The van der Waals surface area contributed by atoms with Crippen molar-refractivity contribution in [1.29, 1.82) is 0 Å². The zero-order valence-corrected chi connectivity index (χ0v) is 23.3. The van der Waals surface area contributed by atoms with Crippen LogP contribution in [0.2, 0.25) is 0 Å². The Labute approximate surface area is 236 Å². The van der Waals surface area contributed by atoms with E-state index in [0.717, 1.165) is 76.5 Å². The lowest BCUT2D eigenvalue weighted by atomic mass is 9.88. The van der Waals surface area contributed by atoms with Gasteiger partial charge in [0.25, 0.3) is 0 Å². The van der Waals surface area contributed by atoms with E-state index in [0.29, 0.717) is 18.0 Å². The highest BCUT2D eigenvalue weighted by molar-refractivity contribution is 5.89. The number of pyridine rings is 1. The summed E-state index contributed by atoms with van der Waals surface area (Å²) in [5.74, 6) is 0.237. The molecule has 0 amide bonds. The first-order chi connectivity index (χ1) is 19.7. The van der Waals surface area contributed by atoms with Crippen LogP contribution in [0.25, 0.3) is 11.0 Å². The molecule has 0 aliphatic carbocycles. The second-order valence-corrected chi connectivity index (χ2v) is 11.0. The highest BCUT2D eigenvalue weighted by Crippen LogP contribution is 2.33. The Morgan fingerprint density at radius 2 is 1.43 bits per heavy atom. The molecular formula is C33H38N4O3. The molecule has 0 bridgehead atoms. The fourth-order valence-electron chi connectivity index (χ4n) is 6.08. The maximum Gasteiger partial charge on any atom is 0.337 e. The number of carbonyl (C=O) groups excluding carboxylic acids is 1. The predicted molar refractivity (Wildman–Crippen MR) is 156 cm³/mol. The number of likely N-dealkylation sites (tertiary alicyclic amines) is 1. The van der Waals surface area contributed by atoms with Crippen LogP contribution in [0.3, 0.4) is 0 Å².